The molecule has 25 heavy (non-hydrogen) atoms. The lowest BCUT2D eigenvalue weighted by atomic mass is 10.2. The Balaban J connectivity index is 1.84. The maximum Gasteiger partial charge on any atom is 0.251 e. The number of rotatable bonds is 9. The van der Waals surface area contributed by atoms with Crippen molar-refractivity contribution in [1.29, 1.82) is 0 Å². The number of hydrogen-bond acceptors (Lipinski definition) is 5. The highest BCUT2D eigenvalue weighted by atomic mass is 16.5. The van der Waals surface area contributed by atoms with Crippen LogP contribution in [0.2, 0.25) is 0 Å². The fourth-order valence-corrected chi connectivity index (χ4v) is 2.29. The lowest BCUT2D eigenvalue weighted by Crippen LogP contribution is -2.25. The van der Waals surface area contributed by atoms with E-state index in [-0.39, 0.29) is 12.0 Å². The van der Waals surface area contributed by atoms with Crippen molar-refractivity contribution in [3.05, 3.63) is 46.8 Å². The Morgan fingerprint density at radius 2 is 2.12 bits per heavy atom. The Labute approximate surface area is 148 Å². The van der Waals surface area contributed by atoms with Gasteiger partial charge in [0, 0.05) is 18.7 Å². The van der Waals surface area contributed by atoms with E-state index in [4.69, 9.17) is 14.0 Å². The van der Waals surface area contributed by atoms with Crippen LogP contribution >= 0.6 is 0 Å². The van der Waals surface area contributed by atoms with E-state index in [1.54, 1.807) is 18.2 Å². The summed E-state index contributed by atoms with van der Waals surface area (Å²) in [5, 5.41) is 6.79. The lowest BCUT2D eigenvalue weighted by molar-refractivity contribution is 0.0757. The van der Waals surface area contributed by atoms with Crippen molar-refractivity contribution in [3.8, 4) is 5.75 Å². The Kier molecular flexibility index (Phi) is 7.01. The quantitative estimate of drug-likeness (QED) is 0.704. The number of nitrogens with zero attached hydrogens (tertiary/aromatic N) is 1. The average molecular weight is 346 g/mol. The Morgan fingerprint density at radius 3 is 2.80 bits per heavy atom. The largest absolute Gasteiger partial charge is 0.489 e. The first-order valence-corrected chi connectivity index (χ1v) is 8.51. The molecule has 0 fully saturated rings. The summed E-state index contributed by atoms with van der Waals surface area (Å²) >= 11 is 0. The van der Waals surface area contributed by atoms with Gasteiger partial charge in [-0.25, -0.2) is 0 Å². The minimum Gasteiger partial charge on any atom is -0.489 e. The van der Waals surface area contributed by atoms with Crippen LogP contribution in [-0.2, 0) is 11.3 Å². The van der Waals surface area contributed by atoms with Gasteiger partial charge in [0.05, 0.1) is 17.4 Å². The predicted molar refractivity (Wildman–Crippen MR) is 94.8 cm³/mol. The molecule has 1 aromatic carbocycles. The van der Waals surface area contributed by atoms with Crippen molar-refractivity contribution in [2.24, 2.45) is 0 Å². The number of carbonyl (C=O) groups is 1. The first kappa shape index (κ1) is 19.0. The summed E-state index contributed by atoms with van der Waals surface area (Å²) in [6.45, 7) is 9.29. The Bertz CT molecular complexity index is 675. The second kappa shape index (κ2) is 9.22. The molecule has 0 unspecified atom stereocenters. The van der Waals surface area contributed by atoms with Gasteiger partial charge in [-0.2, -0.15) is 0 Å². The molecule has 0 aliphatic carbocycles. The highest BCUT2D eigenvalue weighted by Crippen LogP contribution is 2.18. The average Bonchev–Trinajstić information content (AvgIpc) is 2.90. The molecule has 0 aliphatic heterocycles. The molecule has 0 bridgehead atoms. The summed E-state index contributed by atoms with van der Waals surface area (Å²) in [5.74, 6) is 1.26. The van der Waals surface area contributed by atoms with Gasteiger partial charge in [0.2, 0.25) is 0 Å². The van der Waals surface area contributed by atoms with Crippen LogP contribution in [0.3, 0.4) is 0 Å². The van der Waals surface area contributed by atoms with Crippen molar-refractivity contribution < 1.29 is 18.8 Å². The summed E-state index contributed by atoms with van der Waals surface area (Å²) in [7, 11) is 0. The number of ether oxygens (including phenoxy) is 2. The first-order chi connectivity index (χ1) is 12.0. The van der Waals surface area contributed by atoms with E-state index in [0.29, 0.717) is 31.1 Å². The maximum absolute atomic E-state index is 12.2. The smallest absolute Gasteiger partial charge is 0.251 e. The van der Waals surface area contributed by atoms with Crippen molar-refractivity contribution >= 4 is 5.91 Å². The molecular formula is C19H26N2O4. The molecule has 0 saturated carbocycles. The van der Waals surface area contributed by atoms with Crippen LogP contribution in [0.1, 0.15) is 47.6 Å². The predicted octanol–water partition coefficient (Wildman–Crippen LogP) is 3.42. The topological polar surface area (TPSA) is 73.6 Å². The van der Waals surface area contributed by atoms with Gasteiger partial charge < -0.3 is 19.3 Å². The molecule has 1 N–H and O–H groups in total. The zero-order valence-electron chi connectivity index (χ0n) is 15.3. The van der Waals surface area contributed by atoms with Crippen molar-refractivity contribution in [1.82, 2.24) is 10.5 Å². The van der Waals surface area contributed by atoms with Gasteiger partial charge in [0.1, 0.15) is 18.1 Å². The monoisotopic (exact) mass is 346 g/mol. The standard InChI is InChI=1S/C19H26N2O4/c1-13(2)23-10-6-9-20-19(22)16-7-5-8-17(11-16)24-12-18-14(3)21-25-15(18)4/h5,7-8,11,13H,6,9-10,12H2,1-4H3,(H,20,22). The molecule has 0 atom stereocenters. The molecule has 136 valence electrons. The van der Waals surface area contributed by atoms with E-state index < -0.39 is 0 Å². The van der Waals surface area contributed by atoms with Gasteiger partial charge >= 0.3 is 0 Å². The molecule has 0 spiro atoms. The van der Waals surface area contributed by atoms with Crippen LogP contribution in [0.15, 0.2) is 28.8 Å². The van der Waals surface area contributed by atoms with E-state index >= 15 is 0 Å². The molecule has 6 nitrogen and oxygen atoms in total. The van der Waals surface area contributed by atoms with Crippen molar-refractivity contribution in [2.75, 3.05) is 13.2 Å². The summed E-state index contributed by atoms with van der Waals surface area (Å²) in [5.41, 5.74) is 2.32. The van der Waals surface area contributed by atoms with Crippen LogP contribution in [0, 0.1) is 13.8 Å². The van der Waals surface area contributed by atoms with E-state index in [1.165, 1.54) is 0 Å². The molecule has 1 heterocycles. The molecule has 0 saturated heterocycles. The van der Waals surface area contributed by atoms with Crippen molar-refractivity contribution in [2.45, 2.75) is 46.8 Å². The van der Waals surface area contributed by atoms with Gasteiger partial charge in [0.25, 0.3) is 5.91 Å². The summed E-state index contributed by atoms with van der Waals surface area (Å²) in [6, 6.07) is 7.13. The maximum atomic E-state index is 12.2. The minimum absolute atomic E-state index is 0.118. The fourth-order valence-electron chi connectivity index (χ4n) is 2.29. The molecule has 0 radical (unpaired) electrons. The number of aromatic nitrogens is 1. The SMILES string of the molecule is Cc1noc(C)c1COc1cccc(C(=O)NCCCOC(C)C)c1. The minimum atomic E-state index is -0.118. The van der Waals surface area contributed by atoms with Crippen LogP contribution in [-0.4, -0.2) is 30.3 Å². The number of amides is 1. The summed E-state index contributed by atoms with van der Waals surface area (Å²) in [4.78, 5) is 12.2. The molecule has 2 aromatic rings. The highest BCUT2D eigenvalue weighted by molar-refractivity contribution is 5.94. The number of aryl methyl sites for hydroxylation is 2. The molecular weight excluding hydrogens is 320 g/mol. The Hall–Kier alpha value is -2.34. The number of benzene rings is 1. The normalized spacial score (nSPS) is 10.9. The van der Waals surface area contributed by atoms with E-state index in [9.17, 15) is 4.79 Å². The molecule has 1 amide bonds. The van der Waals surface area contributed by atoms with Crippen LogP contribution in [0.4, 0.5) is 0 Å². The second-order valence-electron chi connectivity index (χ2n) is 6.15. The molecule has 0 aliphatic rings. The van der Waals surface area contributed by atoms with Crippen LogP contribution in [0.25, 0.3) is 0 Å². The summed E-state index contributed by atoms with van der Waals surface area (Å²) in [6.07, 6.45) is 0.994. The third-order valence-corrected chi connectivity index (χ3v) is 3.72. The number of carbonyl (C=O) groups excluding carboxylic acids is 1. The van der Waals surface area contributed by atoms with Gasteiger partial charge in [-0.1, -0.05) is 11.2 Å². The highest BCUT2D eigenvalue weighted by Gasteiger charge is 2.11. The first-order valence-electron chi connectivity index (χ1n) is 8.51. The van der Waals surface area contributed by atoms with E-state index in [2.05, 4.69) is 10.5 Å². The molecule has 6 heteroatoms. The zero-order chi connectivity index (χ0) is 18.2. The lowest BCUT2D eigenvalue weighted by Gasteiger charge is -2.10. The molecule has 2 rings (SSSR count). The van der Waals surface area contributed by atoms with Crippen LogP contribution in [0.5, 0.6) is 5.75 Å². The van der Waals surface area contributed by atoms with Crippen molar-refractivity contribution in [3.63, 3.8) is 0 Å². The summed E-state index contributed by atoms with van der Waals surface area (Å²) < 4.78 is 16.3. The second-order valence-corrected chi connectivity index (χ2v) is 6.15. The van der Waals surface area contributed by atoms with Gasteiger partial charge in [0.15, 0.2) is 0 Å². The third-order valence-electron chi connectivity index (χ3n) is 3.72. The van der Waals surface area contributed by atoms with E-state index in [1.807, 2.05) is 33.8 Å². The Morgan fingerprint density at radius 1 is 1.32 bits per heavy atom. The zero-order valence-corrected chi connectivity index (χ0v) is 15.3. The van der Waals surface area contributed by atoms with Gasteiger partial charge in [-0.05, 0) is 52.3 Å². The fraction of sp³-hybridized carbons (Fsp3) is 0.474. The number of hydrogen-bond donors (Lipinski definition) is 1. The van der Waals surface area contributed by atoms with Crippen LogP contribution < -0.4 is 10.1 Å². The van der Waals surface area contributed by atoms with Gasteiger partial charge in [-0.15, -0.1) is 0 Å². The number of nitrogens with one attached hydrogen (secondary N) is 1. The van der Waals surface area contributed by atoms with E-state index in [0.717, 1.165) is 23.4 Å². The third kappa shape index (κ3) is 5.90. The van der Waals surface area contributed by atoms with Gasteiger partial charge in [-0.3, -0.25) is 4.79 Å². The molecule has 1 aromatic heterocycles.